The van der Waals surface area contributed by atoms with Crippen LogP contribution in [-0.2, 0) is 23.6 Å². The molecule has 3 N–H and O–H groups in total. The Hall–Kier alpha value is -3.77. The average molecular weight is 611 g/mol. The van der Waals surface area contributed by atoms with E-state index < -0.39 is 16.4 Å². The quantitative estimate of drug-likeness (QED) is 0.169. The van der Waals surface area contributed by atoms with E-state index in [1.165, 1.54) is 43.2 Å². The molecular weight excluding hydrogens is 576 g/mol. The van der Waals surface area contributed by atoms with Crippen LogP contribution in [0.2, 0.25) is 0 Å². The van der Waals surface area contributed by atoms with Crippen molar-refractivity contribution in [1.29, 1.82) is 0 Å². The molecule has 42 heavy (non-hydrogen) atoms. The molecule has 11 heteroatoms. The first-order valence-electron chi connectivity index (χ1n) is 13.6. The van der Waals surface area contributed by atoms with Gasteiger partial charge in [-0.1, -0.05) is 55.7 Å². The van der Waals surface area contributed by atoms with Crippen LogP contribution in [0.25, 0.3) is 11.3 Å². The van der Waals surface area contributed by atoms with E-state index in [2.05, 4.69) is 34.5 Å². The Kier molecular flexibility index (Phi) is 10.7. The monoisotopic (exact) mass is 610 g/mol. The van der Waals surface area contributed by atoms with Gasteiger partial charge in [-0.3, -0.25) is 9.11 Å². The van der Waals surface area contributed by atoms with Crippen LogP contribution in [0.4, 0.5) is 5.13 Å². The van der Waals surface area contributed by atoms with Crippen molar-refractivity contribution >= 4 is 32.8 Å². The fourth-order valence-electron chi connectivity index (χ4n) is 4.88. The molecule has 1 aliphatic carbocycles. The highest BCUT2D eigenvalue weighted by Crippen LogP contribution is 2.33. The number of ether oxygens (including phenoxy) is 1. The fourth-order valence-corrected chi connectivity index (χ4v) is 5.68. The van der Waals surface area contributed by atoms with Gasteiger partial charge in [0.1, 0.15) is 12.4 Å². The molecule has 0 radical (unpaired) electrons. The van der Waals surface area contributed by atoms with Gasteiger partial charge in [0.15, 0.2) is 5.13 Å². The van der Waals surface area contributed by atoms with Gasteiger partial charge in [0, 0.05) is 24.5 Å². The SMILES string of the molecule is CN(Cc1ccc(C(=O)O)cc1)c1nc(-c2ccc(OCc3ccc(C4CCCCC4)cc3)cc2)cs1.O=S(=O)(O)O. The first kappa shape index (κ1) is 31.2. The smallest absolute Gasteiger partial charge is 0.394 e. The van der Waals surface area contributed by atoms with E-state index in [-0.39, 0.29) is 0 Å². The number of nitrogens with zero attached hydrogens (tertiary/aromatic N) is 2. The average Bonchev–Trinajstić information content (AvgIpc) is 3.47. The molecule has 5 rings (SSSR count). The molecule has 0 atom stereocenters. The molecule has 0 amide bonds. The number of carbonyl (C=O) groups is 1. The number of carboxylic acid groups (broad SMARTS) is 1. The third-order valence-electron chi connectivity index (χ3n) is 7.05. The Labute approximate surface area is 250 Å². The number of aromatic carboxylic acids is 1. The lowest BCUT2D eigenvalue weighted by molar-refractivity contribution is 0.0696. The number of carboxylic acids is 1. The zero-order valence-corrected chi connectivity index (χ0v) is 24.9. The van der Waals surface area contributed by atoms with Crippen LogP contribution in [0.15, 0.2) is 78.2 Å². The van der Waals surface area contributed by atoms with Gasteiger partial charge in [-0.05, 0) is 71.8 Å². The lowest BCUT2D eigenvalue weighted by atomic mass is 9.84. The highest BCUT2D eigenvalue weighted by molar-refractivity contribution is 7.79. The third kappa shape index (κ3) is 9.66. The summed E-state index contributed by atoms with van der Waals surface area (Å²) >= 11 is 1.59. The molecule has 222 valence electrons. The molecule has 1 fully saturated rings. The standard InChI is InChI=1S/C31H32N2O3S.H2O4S/c1-33(19-22-7-13-27(14-8-22)30(34)35)31-32-29(21-37-31)26-15-17-28(18-16-26)36-20-23-9-11-25(12-10-23)24-5-3-2-4-6-24;1-5(2,3)4/h7-18,21,24H,2-6,19-20H2,1H3,(H,34,35);(H2,1,2,3,4). The third-order valence-corrected chi connectivity index (χ3v) is 8.01. The van der Waals surface area contributed by atoms with Crippen molar-refractivity contribution in [2.75, 3.05) is 11.9 Å². The maximum Gasteiger partial charge on any atom is 0.394 e. The van der Waals surface area contributed by atoms with Crippen molar-refractivity contribution in [2.45, 2.75) is 51.2 Å². The Morgan fingerprint density at radius 3 is 2.12 bits per heavy atom. The molecule has 0 bridgehead atoms. The van der Waals surface area contributed by atoms with Crippen molar-refractivity contribution in [1.82, 2.24) is 4.98 Å². The largest absolute Gasteiger partial charge is 0.489 e. The highest BCUT2D eigenvalue weighted by Gasteiger charge is 2.15. The van der Waals surface area contributed by atoms with Crippen molar-refractivity contribution in [3.05, 3.63) is 100 Å². The molecule has 0 spiro atoms. The molecule has 9 nitrogen and oxygen atoms in total. The second-order valence-corrected chi connectivity index (χ2v) is 11.9. The summed E-state index contributed by atoms with van der Waals surface area (Å²) in [6.45, 7) is 1.21. The van der Waals surface area contributed by atoms with Crippen molar-refractivity contribution in [3.63, 3.8) is 0 Å². The number of anilines is 1. The van der Waals surface area contributed by atoms with Gasteiger partial charge in [-0.2, -0.15) is 8.42 Å². The van der Waals surface area contributed by atoms with E-state index in [4.69, 9.17) is 32.4 Å². The summed E-state index contributed by atoms with van der Waals surface area (Å²) in [7, 11) is -2.67. The van der Waals surface area contributed by atoms with Gasteiger partial charge in [0.2, 0.25) is 0 Å². The molecule has 4 aromatic rings. The van der Waals surface area contributed by atoms with E-state index >= 15 is 0 Å². The van der Waals surface area contributed by atoms with Gasteiger partial charge in [0.25, 0.3) is 0 Å². The van der Waals surface area contributed by atoms with Gasteiger partial charge in [0.05, 0.1) is 11.3 Å². The van der Waals surface area contributed by atoms with Crippen molar-refractivity contribution in [3.8, 4) is 17.0 Å². The fraction of sp³-hybridized carbons (Fsp3) is 0.290. The summed E-state index contributed by atoms with van der Waals surface area (Å²) in [6.07, 6.45) is 6.74. The van der Waals surface area contributed by atoms with Crippen LogP contribution in [0.3, 0.4) is 0 Å². The van der Waals surface area contributed by atoms with Crippen LogP contribution in [0.1, 0.15) is 65.1 Å². The first-order chi connectivity index (χ1) is 20.0. The number of benzene rings is 3. The first-order valence-corrected chi connectivity index (χ1v) is 15.8. The number of rotatable bonds is 9. The zero-order chi connectivity index (χ0) is 30.1. The Morgan fingerprint density at radius 2 is 1.52 bits per heavy atom. The topological polar surface area (TPSA) is 137 Å². The number of hydrogen-bond acceptors (Lipinski definition) is 7. The van der Waals surface area contributed by atoms with Crippen LogP contribution in [0, 0.1) is 0 Å². The molecule has 1 heterocycles. The second kappa shape index (κ2) is 14.4. The minimum Gasteiger partial charge on any atom is -0.489 e. The van der Waals surface area contributed by atoms with Crippen LogP contribution >= 0.6 is 11.3 Å². The number of hydrogen-bond donors (Lipinski definition) is 3. The lowest BCUT2D eigenvalue weighted by Gasteiger charge is -2.22. The van der Waals surface area contributed by atoms with Crippen LogP contribution < -0.4 is 9.64 Å². The Bertz CT molecular complexity index is 1540. The highest BCUT2D eigenvalue weighted by atomic mass is 32.3. The predicted octanol–water partition coefficient (Wildman–Crippen LogP) is 7.12. The number of aromatic nitrogens is 1. The molecular formula is C31H34N2O7S2. The zero-order valence-electron chi connectivity index (χ0n) is 23.2. The molecule has 0 aliphatic heterocycles. The second-order valence-electron chi connectivity index (χ2n) is 10.2. The summed E-state index contributed by atoms with van der Waals surface area (Å²) in [5.41, 5.74) is 5.96. The molecule has 1 saturated carbocycles. The molecule has 3 aromatic carbocycles. The normalized spacial score (nSPS) is 13.6. The summed E-state index contributed by atoms with van der Waals surface area (Å²) in [4.78, 5) is 17.9. The molecule has 1 aliphatic rings. The predicted molar refractivity (Wildman–Crippen MR) is 164 cm³/mol. The van der Waals surface area contributed by atoms with E-state index in [1.807, 2.05) is 43.4 Å². The van der Waals surface area contributed by atoms with Gasteiger partial charge >= 0.3 is 16.4 Å². The summed E-state index contributed by atoms with van der Waals surface area (Å²) in [6, 6.07) is 24.0. The molecule has 0 unspecified atom stereocenters. The summed E-state index contributed by atoms with van der Waals surface area (Å²) < 4.78 is 37.6. The number of thiazole rings is 1. The minimum atomic E-state index is -4.67. The van der Waals surface area contributed by atoms with E-state index in [0.717, 1.165) is 33.6 Å². The van der Waals surface area contributed by atoms with Crippen LogP contribution in [0.5, 0.6) is 5.75 Å². The van der Waals surface area contributed by atoms with Gasteiger partial charge in [-0.25, -0.2) is 9.78 Å². The van der Waals surface area contributed by atoms with Crippen molar-refractivity contribution in [2.24, 2.45) is 0 Å². The van der Waals surface area contributed by atoms with Crippen molar-refractivity contribution < 1.29 is 32.2 Å². The molecule has 0 saturated heterocycles. The maximum absolute atomic E-state index is 11.1. The van der Waals surface area contributed by atoms with Crippen LogP contribution in [-0.4, -0.2) is 40.6 Å². The van der Waals surface area contributed by atoms with E-state index in [0.29, 0.717) is 18.7 Å². The van der Waals surface area contributed by atoms with Gasteiger partial charge < -0.3 is 14.7 Å². The molecule has 1 aromatic heterocycles. The lowest BCUT2D eigenvalue weighted by Crippen LogP contribution is -2.16. The minimum absolute atomic E-state index is 0.294. The maximum atomic E-state index is 11.1. The van der Waals surface area contributed by atoms with E-state index in [1.54, 1.807) is 23.5 Å². The van der Waals surface area contributed by atoms with E-state index in [9.17, 15) is 4.79 Å². The Morgan fingerprint density at radius 1 is 0.929 bits per heavy atom. The summed E-state index contributed by atoms with van der Waals surface area (Å²) in [5.74, 6) is 0.662. The Balaban J connectivity index is 0.000000748. The van der Waals surface area contributed by atoms with Gasteiger partial charge in [-0.15, -0.1) is 11.3 Å². The summed E-state index contributed by atoms with van der Waals surface area (Å²) in [5, 5.41) is 12.0.